The van der Waals surface area contributed by atoms with E-state index in [1.54, 1.807) is 24.6 Å². The number of benzene rings is 1. The molecule has 0 amide bonds. The minimum atomic E-state index is -1.39. The SMILES string of the molecule is C/C=C(C)\C=C(/c1nc(N(CC)CCCO)n(C)c(=O)c1C)C(CC)Nc1ccc(F)cc1S(C)=O. The number of hydrogen-bond donors (Lipinski definition) is 2. The van der Waals surface area contributed by atoms with Gasteiger partial charge in [-0.15, -0.1) is 0 Å². The summed E-state index contributed by atoms with van der Waals surface area (Å²) in [5.74, 6) is 0.0862. The molecule has 0 aliphatic carbocycles. The third-order valence-electron chi connectivity index (χ3n) is 6.22. The third kappa shape index (κ3) is 6.91. The van der Waals surface area contributed by atoms with Crippen molar-refractivity contribution in [2.24, 2.45) is 7.05 Å². The molecular formula is C27H39FN4O3S. The highest BCUT2D eigenvalue weighted by Crippen LogP contribution is 2.29. The molecule has 2 unspecified atom stereocenters. The first-order valence-corrected chi connectivity index (χ1v) is 13.8. The second kappa shape index (κ2) is 13.5. The van der Waals surface area contributed by atoms with Gasteiger partial charge in [0.15, 0.2) is 0 Å². The van der Waals surface area contributed by atoms with Crippen LogP contribution in [-0.2, 0) is 17.8 Å². The Balaban J connectivity index is 2.74. The number of aromatic nitrogens is 2. The van der Waals surface area contributed by atoms with Crippen LogP contribution in [-0.4, -0.2) is 50.9 Å². The molecule has 0 saturated carbocycles. The van der Waals surface area contributed by atoms with E-state index in [0.29, 0.717) is 53.7 Å². The first kappa shape index (κ1) is 29.5. The van der Waals surface area contributed by atoms with E-state index >= 15 is 0 Å². The maximum absolute atomic E-state index is 13.9. The monoisotopic (exact) mass is 518 g/mol. The minimum Gasteiger partial charge on any atom is -0.396 e. The predicted octanol–water partition coefficient (Wildman–Crippen LogP) is 4.41. The van der Waals surface area contributed by atoms with Crippen molar-refractivity contribution in [3.8, 4) is 0 Å². The van der Waals surface area contributed by atoms with Gasteiger partial charge in [-0.2, -0.15) is 0 Å². The van der Waals surface area contributed by atoms with Crippen molar-refractivity contribution >= 4 is 28.0 Å². The Morgan fingerprint density at radius 2 is 2.06 bits per heavy atom. The fourth-order valence-corrected chi connectivity index (χ4v) is 4.75. The van der Waals surface area contributed by atoms with Gasteiger partial charge in [0.1, 0.15) is 5.82 Å². The highest BCUT2D eigenvalue weighted by molar-refractivity contribution is 7.84. The number of aliphatic hydroxyl groups is 1. The number of allylic oxidation sites excluding steroid dienone is 3. The lowest BCUT2D eigenvalue weighted by atomic mass is 9.95. The molecule has 0 radical (unpaired) electrons. The van der Waals surface area contributed by atoms with Gasteiger partial charge < -0.3 is 15.3 Å². The number of halogens is 1. The van der Waals surface area contributed by atoms with E-state index in [1.165, 1.54) is 18.4 Å². The maximum atomic E-state index is 13.9. The first-order valence-electron chi connectivity index (χ1n) is 12.3. The fourth-order valence-electron chi connectivity index (χ4n) is 4.03. The third-order valence-corrected chi connectivity index (χ3v) is 7.18. The van der Waals surface area contributed by atoms with E-state index in [-0.39, 0.29) is 18.2 Å². The van der Waals surface area contributed by atoms with Crippen LogP contribution in [0.4, 0.5) is 16.0 Å². The molecule has 198 valence electrons. The van der Waals surface area contributed by atoms with Gasteiger partial charge in [0.2, 0.25) is 5.95 Å². The number of anilines is 2. The van der Waals surface area contributed by atoms with E-state index < -0.39 is 16.6 Å². The molecule has 36 heavy (non-hydrogen) atoms. The molecule has 2 N–H and O–H groups in total. The van der Waals surface area contributed by atoms with Gasteiger partial charge in [-0.25, -0.2) is 9.37 Å². The number of hydrogen-bond acceptors (Lipinski definition) is 6. The Morgan fingerprint density at radius 1 is 1.36 bits per heavy atom. The lowest BCUT2D eigenvalue weighted by Gasteiger charge is -2.28. The topological polar surface area (TPSA) is 87.5 Å². The summed E-state index contributed by atoms with van der Waals surface area (Å²) in [5.41, 5.74) is 3.35. The molecule has 0 saturated heterocycles. The summed E-state index contributed by atoms with van der Waals surface area (Å²) < 4.78 is 27.8. The fraction of sp³-hybridized carbons (Fsp3) is 0.481. The number of nitrogens with zero attached hydrogens (tertiary/aromatic N) is 3. The van der Waals surface area contributed by atoms with E-state index in [2.05, 4.69) is 5.32 Å². The van der Waals surface area contributed by atoms with Crippen LogP contribution in [0.1, 0.15) is 51.8 Å². The number of rotatable bonds is 12. The van der Waals surface area contributed by atoms with Crippen molar-refractivity contribution in [3.05, 3.63) is 63.4 Å². The summed E-state index contributed by atoms with van der Waals surface area (Å²) in [6.45, 7) is 10.9. The van der Waals surface area contributed by atoms with Gasteiger partial charge in [0.05, 0.1) is 33.1 Å². The van der Waals surface area contributed by atoms with Gasteiger partial charge in [-0.3, -0.25) is 13.6 Å². The van der Waals surface area contributed by atoms with Crippen LogP contribution in [0.25, 0.3) is 5.57 Å². The van der Waals surface area contributed by atoms with Crippen LogP contribution >= 0.6 is 0 Å². The molecule has 1 heterocycles. The highest BCUT2D eigenvalue weighted by Gasteiger charge is 2.24. The second-order valence-electron chi connectivity index (χ2n) is 8.74. The second-order valence-corrected chi connectivity index (χ2v) is 10.1. The van der Waals surface area contributed by atoms with Crippen molar-refractivity contribution in [2.45, 2.75) is 58.4 Å². The molecule has 0 aliphatic rings. The molecule has 0 fully saturated rings. The molecule has 0 aliphatic heterocycles. The van der Waals surface area contributed by atoms with Gasteiger partial charge in [-0.05, 0) is 58.7 Å². The molecule has 2 rings (SSSR count). The predicted molar refractivity (Wildman–Crippen MR) is 148 cm³/mol. The van der Waals surface area contributed by atoms with Crippen LogP contribution in [0, 0.1) is 12.7 Å². The molecule has 9 heteroatoms. The average Bonchev–Trinajstić information content (AvgIpc) is 2.86. The van der Waals surface area contributed by atoms with Crippen LogP contribution in [0.5, 0.6) is 0 Å². The Morgan fingerprint density at radius 3 is 2.61 bits per heavy atom. The van der Waals surface area contributed by atoms with Crippen molar-refractivity contribution < 1.29 is 13.7 Å². The summed E-state index contributed by atoms with van der Waals surface area (Å²) in [6, 6.07) is 3.93. The Labute approximate surface area is 216 Å². The van der Waals surface area contributed by atoms with E-state index in [4.69, 9.17) is 4.98 Å². The first-order chi connectivity index (χ1) is 17.1. The van der Waals surface area contributed by atoms with Crippen LogP contribution in [0.3, 0.4) is 0 Å². The molecular weight excluding hydrogens is 479 g/mol. The normalized spacial score (nSPS) is 14.0. The van der Waals surface area contributed by atoms with E-state index in [0.717, 1.165) is 11.1 Å². The van der Waals surface area contributed by atoms with Gasteiger partial charge in [-0.1, -0.05) is 24.6 Å². The van der Waals surface area contributed by atoms with Crippen molar-refractivity contribution in [1.29, 1.82) is 0 Å². The molecule has 2 aromatic rings. The summed E-state index contributed by atoms with van der Waals surface area (Å²) >= 11 is 0. The largest absolute Gasteiger partial charge is 0.396 e. The summed E-state index contributed by atoms with van der Waals surface area (Å²) in [4.78, 5) is 20.7. The average molecular weight is 519 g/mol. The van der Waals surface area contributed by atoms with E-state index in [9.17, 15) is 18.5 Å². The van der Waals surface area contributed by atoms with E-state index in [1.807, 2.05) is 44.7 Å². The van der Waals surface area contributed by atoms with Gasteiger partial charge >= 0.3 is 0 Å². The lowest BCUT2D eigenvalue weighted by Crippen LogP contribution is -2.35. The lowest BCUT2D eigenvalue weighted by molar-refractivity contribution is 0.289. The smallest absolute Gasteiger partial charge is 0.258 e. The zero-order valence-corrected chi connectivity index (χ0v) is 23.2. The number of nitrogens with one attached hydrogen (secondary N) is 1. The van der Waals surface area contributed by atoms with Crippen LogP contribution in [0.15, 0.2) is 45.6 Å². The molecule has 0 spiro atoms. The molecule has 1 aromatic heterocycles. The molecule has 0 bridgehead atoms. The van der Waals surface area contributed by atoms with Gasteiger partial charge in [0.25, 0.3) is 5.56 Å². The zero-order chi connectivity index (χ0) is 27.0. The number of aliphatic hydroxyl groups excluding tert-OH is 1. The quantitative estimate of drug-likeness (QED) is 0.405. The Bertz CT molecular complexity index is 1210. The molecule has 7 nitrogen and oxygen atoms in total. The minimum absolute atomic E-state index is 0.0510. The standard InChI is InChI=1S/C27H39FN4O3S/c1-8-18(4)16-21(22(9-2)29-23-13-12-20(28)17-24(23)36(7)35)25-19(5)26(34)31(6)27(30-25)32(10-3)14-11-15-33/h8,12-13,16-17,22,29,33H,9-11,14-15H2,1-7H3/b18-8-,21-16-. The van der Waals surface area contributed by atoms with Crippen molar-refractivity contribution in [2.75, 3.05) is 36.2 Å². The van der Waals surface area contributed by atoms with Crippen molar-refractivity contribution in [3.63, 3.8) is 0 Å². The molecule has 2 atom stereocenters. The summed E-state index contributed by atoms with van der Waals surface area (Å²) in [6.07, 6.45) is 6.72. The van der Waals surface area contributed by atoms with Gasteiger partial charge in [0, 0.05) is 44.1 Å². The Kier molecular flexibility index (Phi) is 11.0. The van der Waals surface area contributed by atoms with Crippen LogP contribution in [0.2, 0.25) is 0 Å². The summed E-state index contributed by atoms with van der Waals surface area (Å²) in [5, 5.41) is 12.8. The molecule has 1 aromatic carbocycles. The maximum Gasteiger partial charge on any atom is 0.258 e. The highest BCUT2D eigenvalue weighted by atomic mass is 32.2. The van der Waals surface area contributed by atoms with Crippen LogP contribution < -0.4 is 15.8 Å². The summed E-state index contributed by atoms with van der Waals surface area (Å²) in [7, 11) is 0.315. The zero-order valence-electron chi connectivity index (χ0n) is 22.4. The van der Waals surface area contributed by atoms with Crippen molar-refractivity contribution in [1.82, 2.24) is 9.55 Å². The Hall–Kier alpha value is -2.78.